The molecule has 0 aromatic carbocycles. The maximum Gasteiger partial charge on any atom is 0.191 e. The van der Waals surface area contributed by atoms with Crippen LogP contribution in [0.3, 0.4) is 0 Å². The highest BCUT2D eigenvalue weighted by atomic mass is 16.5. The molecule has 0 radical (unpaired) electrons. The smallest absolute Gasteiger partial charge is 0.191 e. The fraction of sp³-hybridized carbons (Fsp3) is 0.688. The van der Waals surface area contributed by atoms with Crippen LogP contribution in [-0.4, -0.2) is 44.5 Å². The van der Waals surface area contributed by atoms with E-state index in [0.29, 0.717) is 25.7 Å². The lowest BCUT2D eigenvalue weighted by molar-refractivity contribution is -0.0132. The lowest BCUT2D eigenvalue weighted by Gasteiger charge is -2.36. The molecule has 1 aromatic rings. The third-order valence-corrected chi connectivity index (χ3v) is 4.28. The Morgan fingerprint density at radius 3 is 2.68 bits per heavy atom. The summed E-state index contributed by atoms with van der Waals surface area (Å²) in [7, 11) is 1.74. The van der Waals surface area contributed by atoms with Crippen molar-refractivity contribution in [1.29, 1.82) is 0 Å². The lowest BCUT2D eigenvalue weighted by Crippen LogP contribution is -2.47. The summed E-state index contributed by atoms with van der Waals surface area (Å²) < 4.78 is 11.0. The average Bonchev–Trinajstić information content (AvgIpc) is 2.98. The first-order valence-electron chi connectivity index (χ1n) is 7.81. The number of ether oxygens (including phenoxy) is 1. The highest BCUT2D eigenvalue weighted by Crippen LogP contribution is 2.29. The van der Waals surface area contributed by atoms with Gasteiger partial charge in [-0.2, -0.15) is 0 Å². The Kier molecular flexibility index (Phi) is 5.85. The van der Waals surface area contributed by atoms with E-state index in [2.05, 4.69) is 15.6 Å². The predicted octanol–water partition coefficient (Wildman–Crippen LogP) is 1.60. The number of furan rings is 1. The standard InChI is InChI=1S/C16H27N3O3/c1-12-4-5-14(22-12)13(2)19-15(17-3)18-10-16(11-20)6-8-21-9-7-16/h4-5,13,20H,6-11H2,1-3H3,(H2,17,18,19). The second kappa shape index (κ2) is 7.65. The third kappa shape index (κ3) is 4.24. The summed E-state index contributed by atoms with van der Waals surface area (Å²) in [5.74, 6) is 2.48. The summed E-state index contributed by atoms with van der Waals surface area (Å²) >= 11 is 0. The zero-order chi connectivity index (χ0) is 16.0. The van der Waals surface area contributed by atoms with Crippen LogP contribution >= 0.6 is 0 Å². The second-order valence-corrected chi connectivity index (χ2v) is 6.01. The van der Waals surface area contributed by atoms with E-state index in [1.54, 1.807) is 7.05 Å². The number of aliphatic hydroxyl groups excluding tert-OH is 1. The van der Waals surface area contributed by atoms with Gasteiger partial charge in [-0.15, -0.1) is 0 Å². The molecule has 2 heterocycles. The Labute approximate surface area is 132 Å². The van der Waals surface area contributed by atoms with Crippen LogP contribution in [0.25, 0.3) is 0 Å². The summed E-state index contributed by atoms with van der Waals surface area (Å²) in [4.78, 5) is 4.25. The molecule has 0 spiro atoms. The minimum Gasteiger partial charge on any atom is -0.464 e. The van der Waals surface area contributed by atoms with Crippen molar-refractivity contribution in [2.75, 3.05) is 33.4 Å². The zero-order valence-corrected chi connectivity index (χ0v) is 13.7. The molecule has 124 valence electrons. The fourth-order valence-electron chi connectivity index (χ4n) is 2.62. The average molecular weight is 309 g/mol. The van der Waals surface area contributed by atoms with Crippen LogP contribution < -0.4 is 10.6 Å². The van der Waals surface area contributed by atoms with E-state index in [1.165, 1.54) is 0 Å². The molecule has 0 saturated carbocycles. The third-order valence-electron chi connectivity index (χ3n) is 4.28. The van der Waals surface area contributed by atoms with Gasteiger partial charge in [0.05, 0.1) is 12.6 Å². The number of hydrogen-bond donors (Lipinski definition) is 3. The number of hydrogen-bond acceptors (Lipinski definition) is 4. The lowest BCUT2D eigenvalue weighted by atomic mass is 9.81. The van der Waals surface area contributed by atoms with Crippen LogP contribution in [0.1, 0.15) is 37.3 Å². The van der Waals surface area contributed by atoms with Gasteiger partial charge in [0.25, 0.3) is 0 Å². The Hall–Kier alpha value is -1.53. The first-order chi connectivity index (χ1) is 10.6. The Balaban J connectivity index is 1.89. The molecule has 6 heteroatoms. The van der Waals surface area contributed by atoms with E-state index in [9.17, 15) is 5.11 Å². The molecule has 6 nitrogen and oxygen atoms in total. The molecule has 3 N–H and O–H groups in total. The molecule has 1 fully saturated rings. The van der Waals surface area contributed by atoms with Crippen molar-refractivity contribution >= 4 is 5.96 Å². The SMILES string of the molecule is CN=C(NCC1(CO)CCOCC1)NC(C)c1ccc(C)o1. The van der Waals surface area contributed by atoms with Gasteiger partial charge in [0.15, 0.2) is 5.96 Å². The quantitative estimate of drug-likeness (QED) is 0.569. The van der Waals surface area contributed by atoms with Crippen molar-refractivity contribution in [2.24, 2.45) is 10.4 Å². The van der Waals surface area contributed by atoms with Gasteiger partial charge in [-0.3, -0.25) is 4.99 Å². The van der Waals surface area contributed by atoms with Gasteiger partial charge in [0.1, 0.15) is 11.5 Å². The molecule has 22 heavy (non-hydrogen) atoms. The zero-order valence-electron chi connectivity index (χ0n) is 13.7. The van der Waals surface area contributed by atoms with E-state index in [4.69, 9.17) is 9.15 Å². The van der Waals surface area contributed by atoms with E-state index in [1.807, 2.05) is 26.0 Å². The highest BCUT2D eigenvalue weighted by molar-refractivity contribution is 5.80. The number of aliphatic hydroxyl groups is 1. The largest absolute Gasteiger partial charge is 0.464 e. The van der Waals surface area contributed by atoms with Gasteiger partial charge < -0.3 is 24.9 Å². The van der Waals surface area contributed by atoms with Gasteiger partial charge in [-0.1, -0.05) is 0 Å². The Morgan fingerprint density at radius 2 is 2.14 bits per heavy atom. The summed E-state index contributed by atoms with van der Waals surface area (Å²) in [6.07, 6.45) is 1.72. The van der Waals surface area contributed by atoms with Crippen molar-refractivity contribution < 1.29 is 14.3 Å². The first-order valence-corrected chi connectivity index (χ1v) is 7.81. The Morgan fingerprint density at radius 1 is 1.41 bits per heavy atom. The maximum atomic E-state index is 9.72. The normalized spacial score (nSPS) is 19.7. The summed E-state index contributed by atoms with van der Waals surface area (Å²) in [6, 6.07) is 3.94. The molecule has 1 aromatic heterocycles. The topological polar surface area (TPSA) is 79.0 Å². The highest BCUT2D eigenvalue weighted by Gasteiger charge is 2.32. The van der Waals surface area contributed by atoms with Gasteiger partial charge in [0, 0.05) is 32.2 Å². The molecule has 1 saturated heterocycles. The summed E-state index contributed by atoms with van der Waals surface area (Å²) in [5.41, 5.74) is -0.125. The van der Waals surface area contributed by atoms with Gasteiger partial charge in [-0.05, 0) is 38.8 Å². The number of aliphatic imine (C=N–C) groups is 1. The van der Waals surface area contributed by atoms with Crippen LogP contribution in [0.5, 0.6) is 0 Å². The molecule has 1 atom stereocenters. The van der Waals surface area contributed by atoms with Crippen molar-refractivity contribution in [3.8, 4) is 0 Å². The number of guanidine groups is 1. The molecular weight excluding hydrogens is 282 g/mol. The molecule has 1 unspecified atom stereocenters. The number of rotatable bonds is 5. The number of nitrogens with zero attached hydrogens (tertiary/aromatic N) is 1. The molecule has 0 aliphatic carbocycles. The molecule has 1 aliphatic heterocycles. The van der Waals surface area contributed by atoms with E-state index in [0.717, 1.165) is 24.4 Å². The van der Waals surface area contributed by atoms with Gasteiger partial charge in [-0.25, -0.2) is 0 Å². The molecule has 0 amide bonds. The minimum atomic E-state index is -0.125. The van der Waals surface area contributed by atoms with E-state index >= 15 is 0 Å². The van der Waals surface area contributed by atoms with E-state index < -0.39 is 0 Å². The van der Waals surface area contributed by atoms with Gasteiger partial charge in [0.2, 0.25) is 0 Å². The fourth-order valence-corrected chi connectivity index (χ4v) is 2.62. The minimum absolute atomic E-state index is 0.0275. The van der Waals surface area contributed by atoms with Crippen LogP contribution in [0.4, 0.5) is 0 Å². The monoisotopic (exact) mass is 309 g/mol. The van der Waals surface area contributed by atoms with Crippen LogP contribution in [0, 0.1) is 12.3 Å². The first kappa shape index (κ1) is 16.8. The number of aryl methyl sites for hydroxylation is 1. The van der Waals surface area contributed by atoms with Crippen molar-refractivity contribution in [3.63, 3.8) is 0 Å². The summed E-state index contributed by atoms with van der Waals surface area (Å²) in [5, 5.41) is 16.3. The molecular formula is C16H27N3O3. The number of nitrogens with one attached hydrogen (secondary N) is 2. The molecule has 0 bridgehead atoms. The van der Waals surface area contributed by atoms with Crippen LogP contribution in [0.15, 0.2) is 21.5 Å². The van der Waals surface area contributed by atoms with Crippen molar-refractivity contribution in [2.45, 2.75) is 32.7 Å². The predicted molar refractivity (Wildman–Crippen MR) is 85.9 cm³/mol. The van der Waals surface area contributed by atoms with Crippen LogP contribution in [0.2, 0.25) is 0 Å². The second-order valence-electron chi connectivity index (χ2n) is 6.01. The van der Waals surface area contributed by atoms with Crippen molar-refractivity contribution in [1.82, 2.24) is 10.6 Å². The van der Waals surface area contributed by atoms with Crippen LogP contribution in [-0.2, 0) is 4.74 Å². The van der Waals surface area contributed by atoms with E-state index in [-0.39, 0.29) is 18.1 Å². The molecule has 2 rings (SSSR count). The Bertz CT molecular complexity index is 493. The van der Waals surface area contributed by atoms with Gasteiger partial charge >= 0.3 is 0 Å². The molecule has 1 aliphatic rings. The summed E-state index contributed by atoms with van der Waals surface area (Å²) in [6.45, 7) is 6.21. The maximum absolute atomic E-state index is 9.72. The van der Waals surface area contributed by atoms with Crippen molar-refractivity contribution in [3.05, 3.63) is 23.7 Å².